The van der Waals surface area contributed by atoms with Crippen LogP contribution in [0, 0.1) is 6.92 Å². The molecule has 2 amide bonds. The molecule has 4 rings (SSSR count). The van der Waals surface area contributed by atoms with E-state index in [-0.39, 0.29) is 37.1 Å². The van der Waals surface area contributed by atoms with Crippen molar-refractivity contribution in [2.75, 3.05) is 6.61 Å². The molecule has 182 valence electrons. The van der Waals surface area contributed by atoms with Crippen molar-refractivity contribution < 1.29 is 24.2 Å². The molecule has 1 aliphatic rings. The van der Waals surface area contributed by atoms with Crippen LogP contribution >= 0.6 is 11.3 Å². The molecule has 8 nitrogen and oxygen atoms in total. The van der Waals surface area contributed by atoms with Crippen LogP contribution in [-0.2, 0) is 16.1 Å². The predicted molar refractivity (Wildman–Crippen MR) is 133 cm³/mol. The van der Waals surface area contributed by atoms with Crippen LogP contribution in [0.15, 0.2) is 48.5 Å². The predicted octanol–water partition coefficient (Wildman–Crippen LogP) is 4.47. The van der Waals surface area contributed by atoms with Gasteiger partial charge in [0, 0.05) is 22.8 Å². The van der Waals surface area contributed by atoms with Crippen LogP contribution in [0.5, 0.6) is 0 Å². The van der Waals surface area contributed by atoms with E-state index in [0.717, 1.165) is 22.3 Å². The summed E-state index contributed by atoms with van der Waals surface area (Å²) in [7, 11) is 0. The molecule has 0 fully saturated rings. The van der Waals surface area contributed by atoms with Crippen molar-refractivity contribution in [1.29, 1.82) is 0 Å². The number of aryl methyl sites for hydroxylation is 1. The second kappa shape index (κ2) is 9.87. The molecule has 0 atom stereocenters. The Morgan fingerprint density at radius 2 is 1.66 bits per heavy atom. The maximum Gasteiger partial charge on any atom is 0.407 e. The number of carbonyl (C=O) groups excluding carboxylic acids is 2. The zero-order valence-corrected chi connectivity index (χ0v) is 20.6. The summed E-state index contributed by atoms with van der Waals surface area (Å²) in [5.41, 5.74) is 3.71. The number of fused-ring (bicyclic) bond motifs is 3. The van der Waals surface area contributed by atoms with Crippen LogP contribution in [0.25, 0.3) is 11.1 Å². The van der Waals surface area contributed by atoms with Gasteiger partial charge in [-0.1, -0.05) is 48.5 Å². The van der Waals surface area contributed by atoms with E-state index < -0.39 is 17.6 Å². The highest BCUT2D eigenvalue weighted by Crippen LogP contribution is 2.44. The third kappa shape index (κ3) is 5.51. The van der Waals surface area contributed by atoms with E-state index in [2.05, 4.69) is 39.9 Å². The van der Waals surface area contributed by atoms with Crippen LogP contribution in [0.2, 0.25) is 0 Å². The average molecular weight is 494 g/mol. The average Bonchev–Trinajstić information content (AvgIpc) is 3.33. The molecule has 0 bridgehead atoms. The summed E-state index contributed by atoms with van der Waals surface area (Å²) in [5.74, 6) is -1.43. The molecule has 3 aromatic rings. The van der Waals surface area contributed by atoms with E-state index in [1.54, 1.807) is 20.8 Å². The zero-order chi connectivity index (χ0) is 25.2. The van der Waals surface area contributed by atoms with Gasteiger partial charge < -0.3 is 20.5 Å². The molecule has 1 aromatic heterocycles. The van der Waals surface area contributed by atoms with Crippen LogP contribution in [0.4, 0.5) is 4.79 Å². The molecule has 2 aromatic carbocycles. The summed E-state index contributed by atoms with van der Waals surface area (Å²) in [5, 5.41) is 15.1. The summed E-state index contributed by atoms with van der Waals surface area (Å²) in [6.07, 6.45) is -0.570. The van der Waals surface area contributed by atoms with Gasteiger partial charge in [-0.05, 0) is 43.0 Å². The Kier molecular flexibility index (Phi) is 6.88. The number of benzene rings is 2. The molecular weight excluding hydrogens is 466 g/mol. The highest BCUT2D eigenvalue weighted by molar-refractivity contribution is 7.11. The number of nitrogens with one attached hydrogen (secondary N) is 2. The summed E-state index contributed by atoms with van der Waals surface area (Å²) in [4.78, 5) is 40.8. The SMILES string of the molecule is Cc1sc(CNC(=O)CC(C)(C)NC(=O)OCC2c3ccccc3-c3ccccc32)nc1C(=O)O. The zero-order valence-electron chi connectivity index (χ0n) is 19.8. The molecule has 1 aliphatic carbocycles. The second-order valence-corrected chi connectivity index (χ2v) is 10.4. The number of carbonyl (C=O) groups is 3. The van der Waals surface area contributed by atoms with E-state index in [0.29, 0.717) is 9.88 Å². The largest absolute Gasteiger partial charge is 0.476 e. The Labute approximate surface area is 207 Å². The fourth-order valence-corrected chi connectivity index (χ4v) is 5.18. The number of aromatic carboxylic acids is 1. The topological polar surface area (TPSA) is 118 Å². The van der Waals surface area contributed by atoms with Gasteiger partial charge in [0.15, 0.2) is 5.69 Å². The number of hydrogen-bond donors (Lipinski definition) is 3. The summed E-state index contributed by atoms with van der Waals surface area (Å²) in [6.45, 7) is 5.47. The highest BCUT2D eigenvalue weighted by Gasteiger charge is 2.30. The minimum absolute atomic E-state index is 0.00324. The number of aromatic nitrogens is 1. The number of alkyl carbamates (subject to hydrolysis) is 1. The molecule has 9 heteroatoms. The molecule has 0 saturated carbocycles. The molecule has 1 heterocycles. The van der Waals surface area contributed by atoms with Gasteiger partial charge in [-0.2, -0.15) is 0 Å². The number of thiazole rings is 1. The van der Waals surface area contributed by atoms with E-state index in [1.807, 2.05) is 24.3 Å². The fraction of sp³-hybridized carbons (Fsp3) is 0.308. The third-order valence-corrected chi connectivity index (χ3v) is 6.84. The minimum Gasteiger partial charge on any atom is -0.476 e. The number of nitrogens with zero attached hydrogens (tertiary/aromatic N) is 1. The van der Waals surface area contributed by atoms with Gasteiger partial charge in [0.2, 0.25) is 5.91 Å². The Morgan fingerprint density at radius 1 is 1.06 bits per heavy atom. The molecule has 0 radical (unpaired) electrons. The van der Waals surface area contributed by atoms with Crippen molar-refractivity contribution in [2.45, 2.75) is 45.2 Å². The van der Waals surface area contributed by atoms with Gasteiger partial charge in [-0.15, -0.1) is 11.3 Å². The monoisotopic (exact) mass is 493 g/mol. The van der Waals surface area contributed by atoms with Crippen LogP contribution in [0.3, 0.4) is 0 Å². The highest BCUT2D eigenvalue weighted by atomic mass is 32.1. The van der Waals surface area contributed by atoms with Crippen molar-refractivity contribution in [3.63, 3.8) is 0 Å². The maximum absolute atomic E-state index is 12.6. The molecule has 3 N–H and O–H groups in total. The summed E-state index contributed by atoms with van der Waals surface area (Å²) in [6, 6.07) is 16.2. The first-order chi connectivity index (χ1) is 16.6. The van der Waals surface area contributed by atoms with Crippen LogP contribution in [0.1, 0.15) is 57.7 Å². The van der Waals surface area contributed by atoms with Gasteiger partial charge >= 0.3 is 12.1 Å². The standard InChI is InChI=1S/C26H27N3O5S/c1-15-23(24(31)32)28-22(35-15)13-27-21(30)12-26(2,3)29-25(33)34-14-20-18-10-6-4-8-16(18)17-9-5-7-11-19(17)20/h4-11,20H,12-14H2,1-3H3,(H,27,30)(H,29,33)(H,31,32). The first-order valence-electron chi connectivity index (χ1n) is 11.2. The van der Waals surface area contributed by atoms with Gasteiger partial charge in [0.1, 0.15) is 11.6 Å². The first kappa shape index (κ1) is 24.4. The molecule has 0 saturated heterocycles. The smallest absolute Gasteiger partial charge is 0.407 e. The van der Waals surface area contributed by atoms with Crippen LogP contribution in [-0.4, -0.2) is 40.2 Å². The van der Waals surface area contributed by atoms with Crippen molar-refractivity contribution in [1.82, 2.24) is 15.6 Å². The minimum atomic E-state index is -1.09. The number of hydrogen-bond acceptors (Lipinski definition) is 6. The van der Waals surface area contributed by atoms with Crippen molar-refractivity contribution in [2.24, 2.45) is 0 Å². The third-order valence-electron chi connectivity index (χ3n) is 5.87. The molecule has 0 unspecified atom stereocenters. The lowest BCUT2D eigenvalue weighted by molar-refractivity contribution is -0.122. The Morgan fingerprint density at radius 3 is 2.23 bits per heavy atom. The molecule has 35 heavy (non-hydrogen) atoms. The van der Waals surface area contributed by atoms with E-state index >= 15 is 0 Å². The number of carboxylic acids is 1. The van der Waals surface area contributed by atoms with Crippen molar-refractivity contribution in [3.05, 3.63) is 75.2 Å². The van der Waals surface area contributed by atoms with Gasteiger partial charge in [0.25, 0.3) is 0 Å². The van der Waals surface area contributed by atoms with E-state index in [9.17, 15) is 14.4 Å². The maximum atomic E-state index is 12.6. The number of carboxylic acid groups (broad SMARTS) is 1. The van der Waals surface area contributed by atoms with Gasteiger partial charge in [-0.3, -0.25) is 4.79 Å². The molecule has 0 aliphatic heterocycles. The van der Waals surface area contributed by atoms with Gasteiger partial charge in [-0.25, -0.2) is 14.6 Å². The van der Waals surface area contributed by atoms with Crippen LogP contribution < -0.4 is 10.6 Å². The quantitative estimate of drug-likeness (QED) is 0.426. The van der Waals surface area contributed by atoms with Gasteiger partial charge in [0.05, 0.1) is 6.54 Å². The number of amides is 2. The van der Waals surface area contributed by atoms with Crippen molar-refractivity contribution in [3.8, 4) is 11.1 Å². The van der Waals surface area contributed by atoms with E-state index in [1.165, 1.54) is 11.3 Å². The Balaban J connectivity index is 1.30. The Hall–Kier alpha value is -3.72. The molecule has 0 spiro atoms. The fourth-order valence-electron chi connectivity index (χ4n) is 4.32. The lowest BCUT2D eigenvalue weighted by atomic mass is 9.98. The number of ether oxygens (including phenoxy) is 1. The normalized spacial score (nSPS) is 12.5. The van der Waals surface area contributed by atoms with E-state index in [4.69, 9.17) is 9.84 Å². The lowest BCUT2D eigenvalue weighted by Crippen LogP contribution is -2.47. The summed E-state index contributed by atoms with van der Waals surface area (Å²) >= 11 is 1.23. The Bertz CT molecular complexity index is 1240. The first-order valence-corrected chi connectivity index (χ1v) is 12.1. The summed E-state index contributed by atoms with van der Waals surface area (Å²) < 4.78 is 5.58. The van der Waals surface area contributed by atoms with Crippen molar-refractivity contribution >= 4 is 29.3 Å². The second-order valence-electron chi connectivity index (χ2n) is 9.11. The molecular formula is C26H27N3O5S. The lowest BCUT2D eigenvalue weighted by Gasteiger charge is -2.25. The number of rotatable bonds is 8.